The normalized spacial score (nSPS) is 28.1. The first-order valence-corrected chi connectivity index (χ1v) is 7.56. The number of rotatable bonds is 2. The molecule has 1 aromatic rings. The fourth-order valence-corrected chi connectivity index (χ4v) is 3.88. The fraction of sp³-hybridized carbons (Fsp3) is 0.471. The average molecular weight is 305 g/mol. The van der Waals surface area contributed by atoms with Gasteiger partial charge in [-0.3, -0.25) is 4.99 Å². The lowest BCUT2D eigenvalue weighted by Gasteiger charge is -2.29. The topological polar surface area (TPSA) is 44.6 Å². The van der Waals surface area contributed by atoms with Crippen LogP contribution in [0, 0.1) is 0 Å². The molecule has 4 heteroatoms. The van der Waals surface area contributed by atoms with E-state index in [0.29, 0.717) is 12.3 Å². The van der Waals surface area contributed by atoms with Crippen molar-refractivity contribution in [2.24, 2.45) is 4.99 Å². The number of nitrogens with one attached hydrogen (secondary N) is 1. The van der Waals surface area contributed by atoms with Crippen LogP contribution in [0.4, 0.5) is 5.69 Å². The van der Waals surface area contributed by atoms with E-state index in [0.717, 1.165) is 31.4 Å². The van der Waals surface area contributed by atoms with Crippen molar-refractivity contribution in [1.82, 2.24) is 0 Å². The van der Waals surface area contributed by atoms with Gasteiger partial charge in [0.05, 0.1) is 11.6 Å². The number of benzene rings is 1. The SMILES string of the molecule is Cl.OC1(CC2=NC=CC3c4ccccc4NC23)CCCC1. The third kappa shape index (κ3) is 2.49. The quantitative estimate of drug-likeness (QED) is 0.876. The van der Waals surface area contributed by atoms with Gasteiger partial charge < -0.3 is 10.4 Å². The first-order valence-electron chi connectivity index (χ1n) is 7.56. The Morgan fingerprint density at radius 2 is 2.00 bits per heavy atom. The van der Waals surface area contributed by atoms with E-state index in [4.69, 9.17) is 0 Å². The highest BCUT2D eigenvalue weighted by atomic mass is 35.5. The summed E-state index contributed by atoms with van der Waals surface area (Å²) in [5.41, 5.74) is 3.14. The van der Waals surface area contributed by atoms with Crippen LogP contribution < -0.4 is 5.32 Å². The van der Waals surface area contributed by atoms with Crippen molar-refractivity contribution in [3.05, 3.63) is 42.1 Å². The minimum absolute atomic E-state index is 0. The van der Waals surface area contributed by atoms with E-state index < -0.39 is 5.60 Å². The van der Waals surface area contributed by atoms with Gasteiger partial charge in [0, 0.05) is 29.9 Å². The molecule has 0 amide bonds. The predicted octanol–water partition coefficient (Wildman–Crippen LogP) is 3.65. The molecule has 0 bridgehead atoms. The Hall–Kier alpha value is -1.32. The molecule has 1 fully saturated rings. The molecule has 1 saturated carbocycles. The molecule has 0 spiro atoms. The van der Waals surface area contributed by atoms with Crippen LogP contribution >= 0.6 is 12.4 Å². The number of hydrogen-bond acceptors (Lipinski definition) is 3. The van der Waals surface area contributed by atoms with Crippen LogP contribution in [0.2, 0.25) is 0 Å². The Morgan fingerprint density at radius 3 is 2.81 bits per heavy atom. The van der Waals surface area contributed by atoms with E-state index in [1.54, 1.807) is 0 Å². The van der Waals surface area contributed by atoms with E-state index in [9.17, 15) is 5.11 Å². The van der Waals surface area contributed by atoms with Crippen LogP contribution in [0.3, 0.4) is 0 Å². The van der Waals surface area contributed by atoms with E-state index in [2.05, 4.69) is 40.7 Å². The number of anilines is 1. The van der Waals surface area contributed by atoms with E-state index in [-0.39, 0.29) is 18.4 Å². The largest absolute Gasteiger partial charge is 0.389 e. The second-order valence-electron chi connectivity index (χ2n) is 6.31. The van der Waals surface area contributed by atoms with Crippen molar-refractivity contribution < 1.29 is 5.11 Å². The summed E-state index contributed by atoms with van der Waals surface area (Å²) < 4.78 is 0. The van der Waals surface area contributed by atoms with Gasteiger partial charge >= 0.3 is 0 Å². The number of halogens is 1. The molecular weight excluding hydrogens is 284 g/mol. The van der Waals surface area contributed by atoms with Crippen molar-refractivity contribution in [3.8, 4) is 0 Å². The van der Waals surface area contributed by atoms with Gasteiger partial charge in [0.2, 0.25) is 0 Å². The maximum atomic E-state index is 10.6. The van der Waals surface area contributed by atoms with E-state index in [1.807, 2.05) is 6.20 Å². The summed E-state index contributed by atoms with van der Waals surface area (Å²) in [6.45, 7) is 0. The smallest absolute Gasteiger partial charge is 0.0751 e. The minimum atomic E-state index is -0.523. The summed E-state index contributed by atoms with van der Waals surface area (Å²) in [4.78, 5) is 4.58. The standard InChI is InChI=1S/C17H20N2O.ClH/c20-17(8-3-4-9-17)11-15-16-13(7-10-18-15)12-5-1-2-6-14(12)19-16;/h1-2,5-7,10,13,16,19-20H,3-4,8-9,11H2;1H. The lowest BCUT2D eigenvalue weighted by Crippen LogP contribution is -2.38. The molecular formula is C17H21ClN2O. The molecule has 4 rings (SSSR count). The van der Waals surface area contributed by atoms with Crippen molar-refractivity contribution in [3.63, 3.8) is 0 Å². The lowest BCUT2D eigenvalue weighted by atomic mass is 9.85. The molecule has 1 aliphatic carbocycles. The van der Waals surface area contributed by atoms with Gasteiger partial charge in [0.25, 0.3) is 0 Å². The summed E-state index contributed by atoms with van der Waals surface area (Å²) in [5.74, 6) is 0.365. The lowest BCUT2D eigenvalue weighted by molar-refractivity contribution is 0.0548. The first-order chi connectivity index (χ1) is 9.75. The predicted molar refractivity (Wildman–Crippen MR) is 88.5 cm³/mol. The fourth-order valence-electron chi connectivity index (χ4n) is 3.88. The highest BCUT2D eigenvalue weighted by Crippen LogP contribution is 2.41. The zero-order chi connectivity index (χ0) is 13.6. The summed E-state index contributed by atoms with van der Waals surface area (Å²) in [5, 5.41) is 14.2. The number of fused-ring (bicyclic) bond motifs is 3. The second kappa shape index (κ2) is 5.47. The number of hydrogen-bond donors (Lipinski definition) is 2. The van der Waals surface area contributed by atoms with Crippen LogP contribution in [0.15, 0.2) is 41.5 Å². The molecule has 112 valence electrons. The maximum absolute atomic E-state index is 10.6. The Labute approximate surface area is 131 Å². The van der Waals surface area contributed by atoms with Gasteiger partial charge in [-0.1, -0.05) is 37.1 Å². The molecule has 3 aliphatic rings. The summed E-state index contributed by atoms with van der Waals surface area (Å²) in [7, 11) is 0. The Bertz CT molecular complexity index is 590. The molecule has 2 N–H and O–H groups in total. The van der Waals surface area contributed by atoms with Gasteiger partial charge in [-0.05, 0) is 24.5 Å². The molecule has 2 heterocycles. The number of aliphatic imine (C=N–C) groups is 1. The molecule has 0 saturated heterocycles. The number of aliphatic hydroxyl groups is 1. The van der Waals surface area contributed by atoms with Gasteiger partial charge in [-0.15, -0.1) is 12.4 Å². The molecule has 0 radical (unpaired) electrons. The van der Waals surface area contributed by atoms with E-state index >= 15 is 0 Å². The van der Waals surface area contributed by atoms with Crippen molar-refractivity contribution in [1.29, 1.82) is 0 Å². The molecule has 21 heavy (non-hydrogen) atoms. The Kier molecular flexibility index (Phi) is 3.80. The first kappa shape index (κ1) is 14.6. The maximum Gasteiger partial charge on any atom is 0.0751 e. The molecule has 1 aromatic carbocycles. The zero-order valence-corrected chi connectivity index (χ0v) is 12.8. The summed E-state index contributed by atoms with van der Waals surface area (Å²) in [6, 6.07) is 8.69. The average Bonchev–Trinajstić information content (AvgIpc) is 3.04. The molecule has 2 aliphatic heterocycles. The van der Waals surface area contributed by atoms with Crippen LogP contribution in [0.25, 0.3) is 0 Å². The monoisotopic (exact) mass is 304 g/mol. The highest BCUT2D eigenvalue weighted by molar-refractivity contribution is 5.97. The van der Waals surface area contributed by atoms with Gasteiger partial charge in [0.1, 0.15) is 0 Å². The number of nitrogens with zero attached hydrogens (tertiary/aromatic N) is 1. The van der Waals surface area contributed by atoms with Crippen LogP contribution in [-0.4, -0.2) is 22.5 Å². The van der Waals surface area contributed by atoms with Crippen molar-refractivity contribution >= 4 is 23.8 Å². The second-order valence-corrected chi connectivity index (χ2v) is 6.31. The van der Waals surface area contributed by atoms with Crippen LogP contribution in [0.5, 0.6) is 0 Å². The van der Waals surface area contributed by atoms with Crippen molar-refractivity contribution in [2.75, 3.05) is 5.32 Å². The zero-order valence-electron chi connectivity index (χ0n) is 12.0. The third-order valence-electron chi connectivity index (χ3n) is 4.93. The minimum Gasteiger partial charge on any atom is -0.389 e. The Balaban J connectivity index is 0.00000132. The van der Waals surface area contributed by atoms with Crippen LogP contribution in [-0.2, 0) is 0 Å². The third-order valence-corrected chi connectivity index (χ3v) is 4.93. The summed E-state index contributed by atoms with van der Waals surface area (Å²) >= 11 is 0. The molecule has 0 aromatic heterocycles. The van der Waals surface area contributed by atoms with Gasteiger partial charge in [-0.2, -0.15) is 0 Å². The van der Waals surface area contributed by atoms with Gasteiger partial charge in [-0.25, -0.2) is 0 Å². The van der Waals surface area contributed by atoms with Crippen LogP contribution in [0.1, 0.15) is 43.6 Å². The molecule has 2 atom stereocenters. The molecule has 3 nitrogen and oxygen atoms in total. The Morgan fingerprint density at radius 1 is 1.24 bits per heavy atom. The molecule has 2 unspecified atom stereocenters. The van der Waals surface area contributed by atoms with Gasteiger partial charge in [0.15, 0.2) is 0 Å². The summed E-state index contributed by atoms with van der Waals surface area (Å²) in [6.07, 6.45) is 8.91. The van der Waals surface area contributed by atoms with Crippen molar-refractivity contribution in [2.45, 2.75) is 49.7 Å². The highest BCUT2D eigenvalue weighted by Gasteiger charge is 2.40. The van der Waals surface area contributed by atoms with E-state index in [1.165, 1.54) is 11.3 Å². The number of para-hydroxylation sites is 1.